The summed E-state index contributed by atoms with van der Waals surface area (Å²) < 4.78 is 29.0. The zero-order chi connectivity index (χ0) is 18.4. The predicted octanol–water partition coefficient (Wildman–Crippen LogP) is 0.519. The molecule has 0 spiro atoms. The van der Waals surface area contributed by atoms with Gasteiger partial charge in [-0.3, -0.25) is 0 Å². The summed E-state index contributed by atoms with van der Waals surface area (Å²) in [6.07, 6.45) is 3.13. The Balaban J connectivity index is 1.33. The fraction of sp³-hybridized carbons (Fsp3) is 0.412. The second-order valence-corrected chi connectivity index (χ2v) is 8.83. The molecule has 0 saturated carbocycles. The van der Waals surface area contributed by atoms with Crippen molar-refractivity contribution in [1.82, 2.24) is 29.6 Å². The van der Waals surface area contributed by atoms with Crippen molar-refractivity contribution in [3.05, 3.63) is 41.5 Å². The summed E-state index contributed by atoms with van der Waals surface area (Å²) in [6.45, 7) is 2.00. The Morgan fingerprint density at radius 2 is 1.74 bits per heavy atom. The lowest BCUT2D eigenvalue weighted by Crippen LogP contribution is -2.49. The number of sulfonamides is 1. The Hall–Kier alpha value is -2.59. The van der Waals surface area contributed by atoms with Crippen molar-refractivity contribution < 1.29 is 8.42 Å². The molecule has 1 aliphatic carbocycles. The first-order chi connectivity index (χ1) is 13.1. The number of nitrogens with zero attached hydrogens (tertiary/aromatic N) is 7. The van der Waals surface area contributed by atoms with Crippen molar-refractivity contribution in [3.63, 3.8) is 0 Å². The SMILES string of the molecule is O=S(=O)(c1ccc2c(c1)CCC2)N1CCN(c2ccc3nnnn3n2)CC1. The molecule has 3 aromatic rings. The van der Waals surface area contributed by atoms with Crippen LogP contribution in [0.15, 0.2) is 35.2 Å². The van der Waals surface area contributed by atoms with Crippen LogP contribution in [0.25, 0.3) is 5.65 Å². The Morgan fingerprint density at radius 1 is 0.926 bits per heavy atom. The van der Waals surface area contributed by atoms with Crippen LogP contribution in [0.4, 0.5) is 5.82 Å². The number of hydrogen-bond donors (Lipinski definition) is 0. The molecule has 2 aromatic heterocycles. The minimum Gasteiger partial charge on any atom is -0.352 e. The van der Waals surface area contributed by atoms with Crippen LogP contribution in [0.5, 0.6) is 0 Å². The van der Waals surface area contributed by atoms with E-state index in [2.05, 4.69) is 25.5 Å². The second kappa shape index (κ2) is 6.24. The summed E-state index contributed by atoms with van der Waals surface area (Å²) in [5, 5.41) is 15.6. The highest BCUT2D eigenvalue weighted by molar-refractivity contribution is 7.89. The molecule has 0 atom stereocenters. The highest BCUT2D eigenvalue weighted by atomic mass is 32.2. The first-order valence-electron chi connectivity index (χ1n) is 9.04. The lowest BCUT2D eigenvalue weighted by molar-refractivity contribution is 0.383. The van der Waals surface area contributed by atoms with Crippen LogP contribution in [0.1, 0.15) is 17.5 Å². The number of rotatable bonds is 3. The van der Waals surface area contributed by atoms with Gasteiger partial charge in [-0.05, 0) is 65.1 Å². The second-order valence-electron chi connectivity index (χ2n) is 6.89. The third kappa shape index (κ3) is 2.85. The van der Waals surface area contributed by atoms with Gasteiger partial charge in [-0.2, -0.15) is 4.31 Å². The molecule has 2 aliphatic rings. The number of tetrazole rings is 1. The highest BCUT2D eigenvalue weighted by Gasteiger charge is 2.30. The minimum absolute atomic E-state index is 0.407. The van der Waals surface area contributed by atoms with E-state index in [0.717, 1.165) is 25.1 Å². The van der Waals surface area contributed by atoms with Gasteiger partial charge in [0.1, 0.15) is 0 Å². The Morgan fingerprint density at radius 3 is 2.59 bits per heavy atom. The van der Waals surface area contributed by atoms with Crippen LogP contribution in [-0.2, 0) is 22.9 Å². The lowest BCUT2D eigenvalue weighted by Gasteiger charge is -2.34. The summed E-state index contributed by atoms with van der Waals surface area (Å²) in [5.74, 6) is 0.740. The topological polar surface area (TPSA) is 96.6 Å². The molecule has 1 aliphatic heterocycles. The lowest BCUT2D eigenvalue weighted by atomic mass is 10.1. The Labute approximate surface area is 156 Å². The molecule has 9 nitrogen and oxygen atoms in total. The van der Waals surface area contributed by atoms with E-state index in [1.165, 1.54) is 15.8 Å². The number of fused-ring (bicyclic) bond motifs is 2. The smallest absolute Gasteiger partial charge is 0.243 e. The number of aromatic nitrogens is 5. The van der Waals surface area contributed by atoms with E-state index >= 15 is 0 Å². The normalized spacial score (nSPS) is 18.1. The summed E-state index contributed by atoms with van der Waals surface area (Å²) in [4.78, 5) is 2.46. The Kier molecular flexibility index (Phi) is 3.83. The minimum atomic E-state index is -3.47. The average Bonchev–Trinajstić information content (AvgIpc) is 3.35. The van der Waals surface area contributed by atoms with Gasteiger partial charge in [0, 0.05) is 26.2 Å². The first kappa shape index (κ1) is 16.6. The number of benzene rings is 1. The molecule has 1 aromatic carbocycles. The standard InChI is InChI=1S/C17H19N7O2S/c25-27(26,15-5-4-13-2-1-3-14(13)12-15)23-10-8-22(9-11-23)17-7-6-16-18-20-21-24(16)19-17/h4-7,12H,1-3,8-11H2. The number of anilines is 1. The maximum Gasteiger partial charge on any atom is 0.243 e. The molecule has 0 bridgehead atoms. The maximum atomic E-state index is 13.0. The third-order valence-corrected chi connectivity index (χ3v) is 7.22. The monoisotopic (exact) mass is 385 g/mol. The van der Waals surface area contributed by atoms with Gasteiger partial charge in [-0.25, -0.2) is 8.42 Å². The molecule has 140 valence electrons. The van der Waals surface area contributed by atoms with Gasteiger partial charge in [0.15, 0.2) is 11.5 Å². The van der Waals surface area contributed by atoms with E-state index < -0.39 is 10.0 Å². The molecular weight excluding hydrogens is 366 g/mol. The number of hydrogen-bond acceptors (Lipinski definition) is 7. The van der Waals surface area contributed by atoms with E-state index in [1.807, 2.05) is 18.2 Å². The summed E-state index contributed by atoms with van der Waals surface area (Å²) in [6, 6.07) is 9.24. The molecule has 10 heteroatoms. The van der Waals surface area contributed by atoms with Crippen LogP contribution in [0, 0.1) is 0 Å². The molecule has 0 N–H and O–H groups in total. The van der Waals surface area contributed by atoms with E-state index in [1.54, 1.807) is 16.4 Å². The quantitative estimate of drug-likeness (QED) is 0.648. The molecule has 3 heterocycles. The van der Waals surface area contributed by atoms with Gasteiger partial charge in [0.25, 0.3) is 0 Å². The van der Waals surface area contributed by atoms with E-state index in [0.29, 0.717) is 36.7 Å². The third-order valence-electron chi connectivity index (χ3n) is 5.33. The molecule has 1 fully saturated rings. The average molecular weight is 385 g/mol. The van der Waals surface area contributed by atoms with Gasteiger partial charge in [0.05, 0.1) is 4.90 Å². The summed E-state index contributed by atoms with van der Waals surface area (Å²) in [7, 11) is -3.47. The zero-order valence-electron chi connectivity index (χ0n) is 14.7. The van der Waals surface area contributed by atoms with Crippen LogP contribution >= 0.6 is 0 Å². The molecule has 0 radical (unpaired) electrons. The molecular formula is C17H19N7O2S. The number of piperazine rings is 1. The van der Waals surface area contributed by atoms with Crippen molar-refractivity contribution >= 4 is 21.5 Å². The van der Waals surface area contributed by atoms with E-state index in [9.17, 15) is 8.42 Å². The maximum absolute atomic E-state index is 13.0. The van der Waals surface area contributed by atoms with Gasteiger partial charge < -0.3 is 4.90 Å². The van der Waals surface area contributed by atoms with Crippen LogP contribution < -0.4 is 4.90 Å². The largest absolute Gasteiger partial charge is 0.352 e. The predicted molar refractivity (Wildman–Crippen MR) is 98.0 cm³/mol. The van der Waals surface area contributed by atoms with Crippen molar-refractivity contribution in [1.29, 1.82) is 0 Å². The first-order valence-corrected chi connectivity index (χ1v) is 10.5. The molecule has 0 amide bonds. The van der Waals surface area contributed by atoms with Crippen LogP contribution in [0.2, 0.25) is 0 Å². The van der Waals surface area contributed by atoms with E-state index in [-0.39, 0.29) is 0 Å². The van der Waals surface area contributed by atoms with Crippen molar-refractivity contribution in [2.24, 2.45) is 0 Å². The van der Waals surface area contributed by atoms with Crippen molar-refractivity contribution in [2.75, 3.05) is 31.1 Å². The van der Waals surface area contributed by atoms with Gasteiger partial charge >= 0.3 is 0 Å². The van der Waals surface area contributed by atoms with Crippen molar-refractivity contribution in [2.45, 2.75) is 24.2 Å². The van der Waals surface area contributed by atoms with Gasteiger partial charge in [0.2, 0.25) is 10.0 Å². The molecule has 5 rings (SSSR count). The highest BCUT2D eigenvalue weighted by Crippen LogP contribution is 2.27. The van der Waals surface area contributed by atoms with Gasteiger partial charge in [-0.15, -0.1) is 14.8 Å². The van der Waals surface area contributed by atoms with E-state index in [4.69, 9.17) is 0 Å². The number of aryl methyl sites for hydroxylation is 2. The molecule has 27 heavy (non-hydrogen) atoms. The van der Waals surface area contributed by atoms with Crippen molar-refractivity contribution in [3.8, 4) is 0 Å². The zero-order valence-corrected chi connectivity index (χ0v) is 15.5. The molecule has 1 saturated heterocycles. The Bertz CT molecular complexity index is 1100. The summed E-state index contributed by atoms with van der Waals surface area (Å²) in [5.41, 5.74) is 3.04. The van der Waals surface area contributed by atoms with Gasteiger partial charge in [-0.1, -0.05) is 6.07 Å². The molecule has 0 unspecified atom stereocenters. The van der Waals surface area contributed by atoms with Crippen LogP contribution in [0.3, 0.4) is 0 Å². The fourth-order valence-electron chi connectivity index (χ4n) is 3.82. The fourth-order valence-corrected chi connectivity index (χ4v) is 5.30. The van der Waals surface area contributed by atoms with Crippen LogP contribution in [-0.4, -0.2) is 64.2 Å². The summed E-state index contributed by atoms with van der Waals surface area (Å²) >= 11 is 0.